The number of urea groups is 1. The van der Waals surface area contributed by atoms with Gasteiger partial charge in [0.1, 0.15) is 22.6 Å². The standard InChI is InChI=1S/C21H21FN4O3S2/c1-13-6-9-17(31(28)25-15-7-8-15)11-18(13)26(2)21(27)24-20-23-12-19(30-20)29-16-5-3-4-14(22)10-16/h3-6,9-12,15,25H,7-8H2,1-2H3,(H,23,24,27). The van der Waals surface area contributed by atoms with Crippen molar-refractivity contribution in [2.24, 2.45) is 0 Å². The number of amides is 2. The number of halogens is 1. The van der Waals surface area contributed by atoms with E-state index in [4.69, 9.17) is 4.74 Å². The summed E-state index contributed by atoms with van der Waals surface area (Å²) < 4.78 is 34.4. The Kier molecular flexibility index (Phi) is 6.30. The fraction of sp³-hybridized carbons (Fsp3) is 0.238. The van der Waals surface area contributed by atoms with Crippen LogP contribution in [0.3, 0.4) is 0 Å². The van der Waals surface area contributed by atoms with E-state index in [1.54, 1.807) is 31.3 Å². The van der Waals surface area contributed by atoms with Gasteiger partial charge in [0.15, 0.2) is 5.13 Å². The summed E-state index contributed by atoms with van der Waals surface area (Å²) in [4.78, 5) is 19.0. The lowest BCUT2D eigenvalue weighted by Gasteiger charge is -2.20. The van der Waals surface area contributed by atoms with Gasteiger partial charge in [-0.1, -0.05) is 23.5 Å². The van der Waals surface area contributed by atoms with Crippen molar-refractivity contribution in [3.63, 3.8) is 0 Å². The highest BCUT2D eigenvalue weighted by atomic mass is 32.2. The molecule has 1 atom stereocenters. The summed E-state index contributed by atoms with van der Waals surface area (Å²) in [5, 5.41) is 3.49. The van der Waals surface area contributed by atoms with E-state index in [0.29, 0.717) is 32.6 Å². The average molecular weight is 461 g/mol. The van der Waals surface area contributed by atoms with Crippen LogP contribution in [0.5, 0.6) is 10.8 Å². The minimum atomic E-state index is -1.32. The molecule has 0 saturated heterocycles. The molecule has 1 saturated carbocycles. The average Bonchev–Trinajstić information content (AvgIpc) is 3.45. The number of ether oxygens (including phenoxy) is 1. The van der Waals surface area contributed by atoms with Crippen molar-refractivity contribution in [2.75, 3.05) is 17.3 Å². The van der Waals surface area contributed by atoms with Gasteiger partial charge >= 0.3 is 6.03 Å². The van der Waals surface area contributed by atoms with E-state index in [2.05, 4.69) is 15.0 Å². The number of nitrogens with one attached hydrogen (secondary N) is 2. The first-order valence-corrected chi connectivity index (χ1v) is 11.6. The predicted octanol–water partition coefficient (Wildman–Crippen LogP) is 4.83. The Balaban J connectivity index is 1.42. The van der Waals surface area contributed by atoms with E-state index in [-0.39, 0.29) is 0 Å². The lowest BCUT2D eigenvalue weighted by Crippen LogP contribution is -2.31. The minimum absolute atomic E-state index is 0.306. The van der Waals surface area contributed by atoms with Gasteiger partial charge in [-0.05, 0) is 49.6 Å². The monoisotopic (exact) mass is 460 g/mol. The van der Waals surface area contributed by atoms with Gasteiger partial charge in [-0.3, -0.25) is 10.2 Å². The quantitative estimate of drug-likeness (QED) is 0.529. The molecule has 4 rings (SSSR count). The molecule has 1 aliphatic carbocycles. The molecule has 2 aromatic carbocycles. The number of hydrogen-bond acceptors (Lipinski definition) is 5. The first-order valence-electron chi connectivity index (χ1n) is 9.61. The van der Waals surface area contributed by atoms with Gasteiger partial charge in [0.05, 0.1) is 11.1 Å². The smallest absolute Gasteiger partial charge is 0.327 e. The highest BCUT2D eigenvalue weighted by molar-refractivity contribution is 7.83. The van der Waals surface area contributed by atoms with Crippen LogP contribution in [0.1, 0.15) is 18.4 Å². The SMILES string of the molecule is Cc1ccc(S(=O)NC2CC2)cc1N(C)C(=O)Nc1ncc(Oc2cccc(F)c2)s1. The predicted molar refractivity (Wildman–Crippen MR) is 120 cm³/mol. The van der Waals surface area contributed by atoms with Crippen LogP contribution >= 0.6 is 11.3 Å². The van der Waals surface area contributed by atoms with Crippen LogP contribution in [-0.2, 0) is 11.0 Å². The van der Waals surface area contributed by atoms with Gasteiger partial charge in [0.2, 0.25) is 5.06 Å². The lowest BCUT2D eigenvalue weighted by molar-refractivity contribution is 0.258. The highest BCUT2D eigenvalue weighted by Gasteiger charge is 2.24. The van der Waals surface area contributed by atoms with E-state index in [1.807, 2.05) is 13.0 Å². The number of anilines is 2. The van der Waals surface area contributed by atoms with Gasteiger partial charge in [-0.25, -0.2) is 23.1 Å². The second-order valence-electron chi connectivity index (χ2n) is 7.14. The van der Waals surface area contributed by atoms with Crippen molar-refractivity contribution in [3.8, 4) is 10.8 Å². The zero-order chi connectivity index (χ0) is 22.0. The molecule has 0 bridgehead atoms. The number of benzene rings is 2. The third-order valence-electron chi connectivity index (χ3n) is 4.62. The third-order valence-corrected chi connectivity index (χ3v) is 6.64. The van der Waals surface area contributed by atoms with Gasteiger partial charge in [0.25, 0.3) is 0 Å². The van der Waals surface area contributed by atoms with Crippen LogP contribution in [0, 0.1) is 12.7 Å². The second kappa shape index (κ2) is 9.13. The number of aromatic nitrogens is 1. The molecule has 1 heterocycles. The summed E-state index contributed by atoms with van der Waals surface area (Å²) in [6.07, 6.45) is 3.53. The molecular formula is C21H21FN4O3S2. The van der Waals surface area contributed by atoms with Gasteiger partial charge < -0.3 is 4.74 Å². The zero-order valence-electron chi connectivity index (χ0n) is 16.9. The fourth-order valence-corrected chi connectivity index (χ4v) is 4.54. The Hall–Kier alpha value is -2.82. The van der Waals surface area contributed by atoms with Crippen LogP contribution in [0.2, 0.25) is 0 Å². The molecule has 1 aromatic heterocycles. The van der Waals surface area contributed by atoms with Crippen molar-refractivity contribution in [2.45, 2.75) is 30.7 Å². The van der Waals surface area contributed by atoms with Gasteiger partial charge in [-0.15, -0.1) is 0 Å². The summed E-state index contributed by atoms with van der Waals surface area (Å²) in [5.74, 6) is -0.0538. The molecule has 0 aliphatic heterocycles. The van der Waals surface area contributed by atoms with Crippen molar-refractivity contribution in [1.29, 1.82) is 0 Å². The maximum Gasteiger partial charge on any atom is 0.327 e. The summed E-state index contributed by atoms with van der Waals surface area (Å²) >= 11 is 1.13. The molecule has 10 heteroatoms. The summed E-state index contributed by atoms with van der Waals surface area (Å²) in [6.45, 7) is 1.88. The summed E-state index contributed by atoms with van der Waals surface area (Å²) in [6, 6.07) is 11.1. The highest BCUT2D eigenvalue weighted by Crippen LogP contribution is 2.31. The van der Waals surface area contributed by atoms with E-state index in [1.165, 1.54) is 23.2 Å². The Morgan fingerprint density at radius 1 is 1.29 bits per heavy atom. The maximum atomic E-state index is 13.3. The molecule has 1 fully saturated rings. The Morgan fingerprint density at radius 3 is 2.84 bits per heavy atom. The van der Waals surface area contributed by atoms with Crippen molar-refractivity contribution < 1.29 is 18.1 Å². The number of carbonyl (C=O) groups excluding carboxylic acids is 1. The van der Waals surface area contributed by atoms with Crippen molar-refractivity contribution in [3.05, 3.63) is 60.0 Å². The molecule has 2 N–H and O–H groups in total. The number of nitrogens with zero attached hydrogens (tertiary/aromatic N) is 2. The number of hydrogen-bond donors (Lipinski definition) is 2. The Labute approximate surface area is 185 Å². The molecule has 0 spiro atoms. The molecule has 2 amide bonds. The molecule has 3 aromatic rings. The number of carbonyl (C=O) groups is 1. The zero-order valence-corrected chi connectivity index (χ0v) is 18.6. The topological polar surface area (TPSA) is 83.6 Å². The molecular weight excluding hydrogens is 439 g/mol. The molecule has 162 valence electrons. The first-order chi connectivity index (χ1) is 14.9. The fourth-order valence-electron chi connectivity index (χ4n) is 2.78. The van der Waals surface area contributed by atoms with Crippen LogP contribution < -0.4 is 19.7 Å². The van der Waals surface area contributed by atoms with Gasteiger partial charge in [-0.2, -0.15) is 0 Å². The van der Waals surface area contributed by atoms with E-state index >= 15 is 0 Å². The van der Waals surface area contributed by atoms with Crippen LogP contribution in [0.25, 0.3) is 0 Å². The van der Waals surface area contributed by atoms with Crippen LogP contribution in [0.15, 0.2) is 53.6 Å². The Bertz CT molecular complexity index is 1130. The normalized spacial score (nSPS) is 14.2. The van der Waals surface area contributed by atoms with E-state index in [9.17, 15) is 13.4 Å². The van der Waals surface area contributed by atoms with Crippen molar-refractivity contribution in [1.82, 2.24) is 9.71 Å². The number of thiazole rings is 1. The first kappa shape index (κ1) is 21.4. The minimum Gasteiger partial charge on any atom is -0.445 e. The summed E-state index contributed by atoms with van der Waals surface area (Å²) in [7, 11) is 0.318. The van der Waals surface area contributed by atoms with Crippen LogP contribution in [-0.4, -0.2) is 28.3 Å². The largest absolute Gasteiger partial charge is 0.445 e. The van der Waals surface area contributed by atoms with Gasteiger partial charge in [0, 0.05) is 24.8 Å². The summed E-state index contributed by atoms with van der Waals surface area (Å²) in [5.41, 5.74) is 1.52. The molecule has 7 nitrogen and oxygen atoms in total. The molecule has 1 unspecified atom stereocenters. The molecule has 31 heavy (non-hydrogen) atoms. The third kappa shape index (κ3) is 5.46. The van der Waals surface area contributed by atoms with E-state index < -0.39 is 22.8 Å². The van der Waals surface area contributed by atoms with Crippen LogP contribution in [0.4, 0.5) is 20.0 Å². The lowest BCUT2D eigenvalue weighted by atomic mass is 10.2. The molecule has 0 radical (unpaired) electrons. The Morgan fingerprint density at radius 2 is 2.10 bits per heavy atom. The number of aryl methyl sites for hydroxylation is 1. The van der Waals surface area contributed by atoms with Crippen molar-refractivity contribution >= 4 is 39.2 Å². The second-order valence-corrected chi connectivity index (χ2v) is 9.38. The maximum absolute atomic E-state index is 13.3. The molecule has 1 aliphatic rings. The number of rotatable bonds is 7. The van der Waals surface area contributed by atoms with E-state index in [0.717, 1.165) is 29.7 Å².